The first-order valence-corrected chi connectivity index (χ1v) is 9.95. The number of ether oxygens (including phenoxy) is 2. The van der Waals surface area contributed by atoms with Crippen molar-refractivity contribution in [2.24, 2.45) is 5.92 Å². The Kier molecular flexibility index (Phi) is 4.46. The summed E-state index contributed by atoms with van der Waals surface area (Å²) in [5.41, 5.74) is 3.35. The highest BCUT2D eigenvalue weighted by molar-refractivity contribution is 5.98. The Morgan fingerprint density at radius 1 is 1.04 bits per heavy atom. The topological polar surface area (TPSA) is 38.8 Å². The zero-order valence-corrected chi connectivity index (χ0v) is 15.5. The quantitative estimate of drug-likeness (QED) is 0.780. The molecule has 3 heterocycles. The van der Waals surface area contributed by atoms with E-state index < -0.39 is 0 Å². The lowest BCUT2D eigenvalue weighted by atomic mass is 9.80. The number of hydrogen-bond acceptors (Lipinski definition) is 4. The van der Waals surface area contributed by atoms with E-state index in [2.05, 4.69) is 35.2 Å². The minimum absolute atomic E-state index is 0.0938. The number of ketones is 1. The van der Waals surface area contributed by atoms with Crippen LogP contribution in [0.15, 0.2) is 48.5 Å². The number of hydrogen-bond donors (Lipinski definition) is 0. The van der Waals surface area contributed by atoms with Crippen molar-refractivity contribution in [1.82, 2.24) is 4.90 Å². The normalized spacial score (nSPS) is 27.0. The van der Waals surface area contributed by atoms with Crippen LogP contribution in [0.5, 0.6) is 5.75 Å². The molecule has 0 spiro atoms. The first-order valence-electron chi connectivity index (χ1n) is 9.95. The van der Waals surface area contributed by atoms with Crippen LogP contribution in [0.1, 0.15) is 34.3 Å². The fraction of sp³-hybridized carbons (Fsp3) is 0.435. The molecule has 0 aliphatic carbocycles. The third-order valence-corrected chi connectivity index (χ3v) is 6.22. The second-order valence-corrected chi connectivity index (χ2v) is 7.96. The number of benzene rings is 2. The number of piperidine rings is 1. The zero-order chi connectivity index (χ0) is 18.2. The number of nitrogens with zero attached hydrogens (tertiary/aromatic N) is 1. The Balaban J connectivity index is 1.32. The molecule has 0 N–H and O–H groups in total. The Morgan fingerprint density at radius 2 is 1.81 bits per heavy atom. The third-order valence-electron chi connectivity index (χ3n) is 6.22. The number of rotatable bonds is 4. The van der Waals surface area contributed by atoms with E-state index >= 15 is 0 Å². The van der Waals surface area contributed by atoms with Gasteiger partial charge in [-0.2, -0.15) is 0 Å². The van der Waals surface area contributed by atoms with E-state index in [-0.39, 0.29) is 5.92 Å². The van der Waals surface area contributed by atoms with Crippen LogP contribution in [0.3, 0.4) is 0 Å². The first-order chi connectivity index (χ1) is 13.3. The maximum absolute atomic E-state index is 13.2. The lowest BCUT2D eigenvalue weighted by Gasteiger charge is -2.48. The van der Waals surface area contributed by atoms with E-state index in [9.17, 15) is 4.79 Å². The van der Waals surface area contributed by atoms with Crippen molar-refractivity contribution in [3.05, 3.63) is 65.2 Å². The summed E-state index contributed by atoms with van der Waals surface area (Å²) in [5.74, 6) is 1.33. The molecular weight excluding hydrogens is 338 g/mol. The van der Waals surface area contributed by atoms with Crippen LogP contribution in [0.4, 0.5) is 0 Å². The van der Waals surface area contributed by atoms with Gasteiger partial charge in [-0.15, -0.1) is 0 Å². The van der Waals surface area contributed by atoms with Gasteiger partial charge < -0.3 is 9.47 Å². The summed E-state index contributed by atoms with van der Waals surface area (Å²) in [6.45, 7) is 3.12. The monoisotopic (exact) mass is 363 g/mol. The van der Waals surface area contributed by atoms with Gasteiger partial charge in [-0.1, -0.05) is 30.3 Å². The van der Waals surface area contributed by atoms with Gasteiger partial charge >= 0.3 is 0 Å². The minimum Gasteiger partial charge on any atom is -0.493 e. The molecular formula is C23H25NO3. The van der Waals surface area contributed by atoms with Crippen LogP contribution in [-0.2, 0) is 17.7 Å². The number of morpholine rings is 1. The van der Waals surface area contributed by atoms with Gasteiger partial charge in [-0.3, -0.25) is 9.69 Å². The van der Waals surface area contributed by atoms with E-state index in [0.29, 0.717) is 17.9 Å². The molecule has 2 atom stereocenters. The summed E-state index contributed by atoms with van der Waals surface area (Å²) in [4.78, 5) is 15.8. The molecule has 3 aliphatic heterocycles. The summed E-state index contributed by atoms with van der Waals surface area (Å²) in [7, 11) is 0. The predicted octanol–water partition coefficient (Wildman–Crippen LogP) is 3.48. The van der Waals surface area contributed by atoms with E-state index in [1.807, 2.05) is 18.2 Å². The summed E-state index contributed by atoms with van der Waals surface area (Å²) in [5, 5.41) is 0. The molecule has 2 saturated heterocycles. The van der Waals surface area contributed by atoms with Crippen LogP contribution in [0, 0.1) is 5.92 Å². The first kappa shape index (κ1) is 17.0. The lowest BCUT2D eigenvalue weighted by molar-refractivity contribution is -0.0872. The SMILES string of the molecule is O=C(c1ccc2c(c1)CCO2)C1CC2COCC(C1)N2Cc1ccccc1. The third kappa shape index (κ3) is 3.28. The van der Waals surface area contributed by atoms with Crippen molar-refractivity contribution in [2.45, 2.75) is 37.9 Å². The fourth-order valence-electron chi connectivity index (χ4n) is 4.83. The van der Waals surface area contributed by atoms with Crippen molar-refractivity contribution < 1.29 is 14.3 Å². The van der Waals surface area contributed by atoms with Crippen LogP contribution in [-0.4, -0.2) is 42.6 Å². The maximum Gasteiger partial charge on any atom is 0.166 e. The molecule has 2 bridgehead atoms. The Labute approximate surface area is 160 Å². The van der Waals surface area contributed by atoms with Crippen LogP contribution in [0.25, 0.3) is 0 Å². The highest BCUT2D eigenvalue weighted by Gasteiger charge is 2.41. The average molecular weight is 363 g/mol. The summed E-state index contributed by atoms with van der Waals surface area (Å²) < 4.78 is 11.4. The van der Waals surface area contributed by atoms with Gasteiger partial charge in [0.25, 0.3) is 0 Å². The fourth-order valence-corrected chi connectivity index (χ4v) is 4.83. The highest BCUT2D eigenvalue weighted by atomic mass is 16.5. The van der Waals surface area contributed by atoms with Gasteiger partial charge in [0.15, 0.2) is 5.78 Å². The molecule has 2 aromatic rings. The molecule has 27 heavy (non-hydrogen) atoms. The van der Waals surface area contributed by atoms with E-state index in [1.54, 1.807) is 0 Å². The van der Waals surface area contributed by atoms with E-state index in [4.69, 9.17) is 9.47 Å². The molecule has 0 aromatic heterocycles. The van der Waals surface area contributed by atoms with Crippen LogP contribution in [0.2, 0.25) is 0 Å². The minimum atomic E-state index is 0.0938. The van der Waals surface area contributed by atoms with Crippen LogP contribution >= 0.6 is 0 Å². The Morgan fingerprint density at radius 3 is 2.59 bits per heavy atom. The number of fused-ring (bicyclic) bond motifs is 3. The summed E-state index contributed by atoms with van der Waals surface area (Å²) >= 11 is 0. The zero-order valence-electron chi connectivity index (χ0n) is 15.5. The number of Topliss-reactive ketones (excluding diaryl/α,β-unsaturated/α-hetero) is 1. The number of carbonyl (C=O) groups is 1. The molecule has 140 valence electrons. The van der Waals surface area contributed by atoms with Crippen molar-refractivity contribution in [3.8, 4) is 5.75 Å². The van der Waals surface area contributed by atoms with Crippen molar-refractivity contribution >= 4 is 5.78 Å². The van der Waals surface area contributed by atoms with Crippen LogP contribution < -0.4 is 4.74 Å². The molecule has 5 rings (SSSR count). The Hall–Kier alpha value is -2.17. The smallest absolute Gasteiger partial charge is 0.166 e. The lowest BCUT2D eigenvalue weighted by Crippen LogP contribution is -2.57. The van der Waals surface area contributed by atoms with Crippen molar-refractivity contribution in [2.75, 3.05) is 19.8 Å². The summed E-state index contributed by atoms with van der Waals surface area (Å²) in [6, 6.07) is 17.2. The Bertz CT molecular complexity index is 821. The van der Waals surface area contributed by atoms with E-state index in [0.717, 1.165) is 56.9 Å². The second-order valence-electron chi connectivity index (χ2n) is 7.96. The molecule has 4 nitrogen and oxygen atoms in total. The molecule has 4 heteroatoms. The largest absolute Gasteiger partial charge is 0.493 e. The molecule has 3 aliphatic rings. The predicted molar refractivity (Wildman–Crippen MR) is 103 cm³/mol. The van der Waals surface area contributed by atoms with Gasteiger partial charge in [0, 0.05) is 36.5 Å². The van der Waals surface area contributed by atoms with Gasteiger partial charge in [-0.05, 0) is 42.2 Å². The van der Waals surface area contributed by atoms with Gasteiger partial charge in [0.2, 0.25) is 0 Å². The van der Waals surface area contributed by atoms with Crippen molar-refractivity contribution in [1.29, 1.82) is 0 Å². The van der Waals surface area contributed by atoms with Gasteiger partial charge in [0.1, 0.15) is 5.75 Å². The molecule has 2 fully saturated rings. The maximum atomic E-state index is 13.2. The molecule has 0 saturated carbocycles. The van der Waals surface area contributed by atoms with Gasteiger partial charge in [0.05, 0.1) is 19.8 Å². The molecule has 0 amide bonds. The summed E-state index contributed by atoms with van der Waals surface area (Å²) in [6.07, 6.45) is 2.68. The standard InChI is InChI=1S/C23H25NO3/c25-23(18-6-7-22-17(10-18)8-9-27-22)19-11-20-14-26-15-21(12-19)24(20)13-16-4-2-1-3-5-16/h1-7,10,19-21H,8-9,11-15H2. The van der Waals surface area contributed by atoms with Gasteiger partial charge in [-0.25, -0.2) is 0 Å². The number of carbonyl (C=O) groups excluding carboxylic acids is 1. The molecule has 2 unspecified atom stereocenters. The second kappa shape index (κ2) is 7.10. The molecule has 0 radical (unpaired) electrons. The van der Waals surface area contributed by atoms with Crippen molar-refractivity contribution in [3.63, 3.8) is 0 Å². The molecule has 2 aromatic carbocycles. The average Bonchev–Trinajstić information content (AvgIpc) is 3.16. The highest BCUT2D eigenvalue weighted by Crippen LogP contribution is 2.35. The van der Waals surface area contributed by atoms with E-state index in [1.165, 1.54) is 11.1 Å².